The fraction of sp³-hybridized carbons (Fsp3) is 0.250. The van der Waals surface area contributed by atoms with Crippen molar-refractivity contribution in [2.24, 2.45) is 0 Å². The lowest BCUT2D eigenvalue weighted by atomic mass is 10.1. The van der Waals surface area contributed by atoms with E-state index in [2.05, 4.69) is 22.4 Å². The van der Waals surface area contributed by atoms with Crippen LogP contribution in [0.4, 0.5) is 0 Å². The molecular formula is C20H20N2O2. The van der Waals surface area contributed by atoms with Crippen LogP contribution in [0.15, 0.2) is 53.3 Å². The molecule has 2 atom stereocenters. The molecule has 2 aromatic carbocycles. The maximum absolute atomic E-state index is 12.3. The number of pyridine rings is 1. The third-order valence-electron chi connectivity index (χ3n) is 4.76. The van der Waals surface area contributed by atoms with Crippen molar-refractivity contribution < 1.29 is 5.11 Å². The van der Waals surface area contributed by atoms with Crippen molar-refractivity contribution in [3.8, 4) is 0 Å². The van der Waals surface area contributed by atoms with Gasteiger partial charge in [0.1, 0.15) is 0 Å². The predicted molar refractivity (Wildman–Crippen MR) is 95.0 cm³/mol. The summed E-state index contributed by atoms with van der Waals surface area (Å²) in [5.41, 5.74) is 5.10. The smallest absolute Gasteiger partial charge is 0.189 e. The number of hydrogen-bond donors (Lipinski definition) is 3. The van der Waals surface area contributed by atoms with E-state index in [9.17, 15) is 9.90 Å². The van der Waals surface area contributed by atoms with Gasteiger partial charge in [-0.15, -0.1) is 0 Å². The maximum atomic E-state index is 12.3. The van der Waals surface area contributed by atoms with Gasteiger partial charge < -0.3 is 15.4 Å². The summed E-state index contributed by atoms with van der Waals surface area (Å²) in [6.07, 6.45) is 0.235. The summed E-state index contributed by atoms with van der Waals surface area (Å²) in [6, 6.07) is 15.5. The zero-order valence-corrected chi connectivity index (χ0v) is 13.5. The van der Waals surface area contributed by atoms with Crippen LogP contribution in [-0.4, -0.2) is 16.2 Å². The first kappa shape index (κ1) is 15.1. The molecule has 0 radical (unpaired) electrons. The number of aromatic amines is 1. The Morgan fingerprint density at radius 1 is 1.21 bits per heavy atom. The number of rotatable bonds is 3. The van der Waals surface area contributed by atoms with E-state index < -0.39 is 6.10 Å². The van der Waals surface area contributed by atoms with Crippen LogP contribution in [-0.2, 0) is 13.0 Å². The lowest BCUT2D eigenvalue weighted by Crippen LogP contribution is -2.29. The molecule has 4 nitrogen and oxygen atoms in total. The Kier molecular flexibility index (Phi) is 3.71. The molecule has 3 aromatic rings. The number of aromatic nitrogens is 1. The quantitative estimate of drug-likeness (QED) is 0.695. The molecule has 0 amide bonds. The second-order valence-electron chi connectivity index (χ2n) is 6.54. The lowest BCUT2D eigenvalue weighted by Gasteiger charge is -2.18. The van der Waals surface area contributed by atoms with E-state index in [0.29, 0.717) is 18.4 Å². The number of H-pyrrole nitrogens is 1. The van der Waals surface area contributed by atoms with Crippen molar-refractivity contribution in [2.45, 2.75) is 32.0 Å². The van der Waals surface area contributed by atoms with Gasteiger partial charge in [0.25, 0.3) is 0 Å². The van der Waals surface area contributed by atoms with Gasteiger partial charge in [0.05, 0.1) is 12.1 Å². The van der Waals surface area contributed by atoms with Gasteiger partial charge in [-0.1, -0.05) is 35.9 Å². The molecule has 4 heteroatoms. The third-order valence-corrected chi connectivity index (χ3v) is 4.76. The van der Waals surface area contributed by atoms with Crippen molar-refractivity contribution in [1.29, 1.82) is 0 Å². The van der Waals surface area contributed by atoms with Gasteiger partial charge in [0, 0.05) is 35.6 Å². The van der Waals surface area contributed by atoms with Crippen LogP contribution in [0, 0.1) is 6.92 Å². The summed E-state index contributed by atoms with van der Waals surface area (Å²) in [7, 11) is 0. The van der Waals surface area contributed by atoms with Crippen LogP contribution in [0.1, 0.15) is 28.4 Å². The standard InChI is InChI=1S/C20H20N2O2/c1-12-6-7-17-16(8-12)18(23)10-14(22-17)11-21-20-15-5-3-2-4-13(15)9-19(20)24/h2-8,10,19-21,24H,9,11H2,1H3,(H,22,23)/t19-,20+/m0/s1. The van der Waals surface area contributed by atoms with E-state index in [0.717, 1.165) is 22.3 Å². The molecule has 0 fully saturated rings. The molecule has 1 aromatic heterocycles. The highest BCUT2D eigenvalue weighted by atomic mass is 16.3. The summed E-state index contributed by atoms with van der Waals surface area (Å²) >= 11 is 0. The van der Waals surface area contributed by atoms with Crippen LogP contribution < -0.4 is 10.7 Å². The molecule has 4 rings (SSSR count). The Morgan fingerprint density at radius 2 is 2.04 bits per heavy atom. The highest BCUT2D eigenvalue weighted by Crippen LogP contribution is 2.31. The van der Waals surface area contributed by atoms with Crippen molar-refractivity contribution in [3.05, 3.63) is 81.1 Å². The van der Waals surface area contributed by atoms with Gasteiger partial charge in [-0.05, 0) is 30.2 Å². The topological polar surface area (TPSA) is 65.1 Å². The van der Waals surface area contributed by atoms with Crippen molar-refractivity contribution in [3.63, 3.8) is 0 Å². The SMILES string of the molecule is Cc1ccc2[nH]c(CN[C@@H]3c4ccccc4C[C@@H]3O)cc(=O)c2c1. The molecule has 0 aliphatic heterocycles. The van der Waals surface area contributed by atoms with Gasteiger partial charge >= 0.3 is 0 Å². The maximum Gasteiger partial charge on any atom is 0.189 e. The number of aliphatic hydroxyl groups excluding tert-OH is 1. The molecule has 1 aliphatic carbocycles. The fourth-order valence-electron chi connectivity index (χ4n) is 3.55. The number of fused-ring (bicyclic) bond motifs is 2. The Labute approximate surface area is 140 Å². The molecule has 3 N–H and O–H groups in total. The average Bonchev–Trinajstić information content (AvgIpc) is 2.89. The molecule has 1 aliphatic rings. The third kappa shape index (κ3) is 2.64. The minimum Gasteiger partial charge on any atom is -0.391 e. The summed E-state index contributed by atoms with van der Waals surface area (Å²) < 4.78 is 0. The highest BCUT2D eigenvalue weighted by Gasteiger charge is 2.30. The molecule has 0 saturated heterocycles. The van der Waals surface area contributed by atoms with Crippen molar-refractivity contribution >= 4 is 10.9 Å². The van der Waals surface area contributed by atoms with E-state index in [-0.39, 0.29) is 11.5 Å². The molecule has 1 heterocycles. The number of nitrogens with one attached hydrogen (secondary N) is 2. The fourth-order valence-corrected chi connectivity index (χ4v) is 3.55. The molecular weight excluding hydrogens is 300 g/mol. The van der Waals surface area contributed by atoms with Crippen LogP contribution in [0.3, 0.4) is 0 Å². The van der Waals surface area contributed by atoms with Gasteiger partial charge in [-0.25, -0.2) is 0 Å². The second-order valence-corrected chi connectivity index (χ2v) is 6.54. The van der Waals surface area contributed by atoms with Crippen molar-refractivity contribution in [1.82, 2.24) is 10.3 Å². The van der Waals surface area contributed by atoms with Crippen LogP contribution >= 0.6 is 0 Å². The summed E-state index contributed by atoms with van der Waals surface area (Å²) in [5.74, 6) is 0. The Balaban J connectivity index is 1.59. The van der Waals surface area contributed by atoms with E-state index in [1.54, 1.807) is 6.07 Å². The summed E-state index contributed by atoms with van der Waals surface area (Å²) in [4.78, 5) is 15.6. The zero-order chi connectivity index (χ0) is 16.7. The first-order valence-corrected chi connectivity index (χ1v) is 8.23. The summed E-state index contributed by atoms with van der Waals surface area (Å²) in [5, 5.41) is 14.4. The van der Waals surface area contributed by atoms with E-state index >= 15 is 0 Å². The van der Waals surface area contributed by atoms with E-state index in [1.165, 1.54) is 5.56 Å². The normalized spacial score (nSPS) is 19.6. The first-order chi connectivity index (χ1) is 11.6. The minimum atomic E-state index is -0.433. The Morgan fingerprint density at radius 3 is 2.92 bits per heavy atom. The largest absolute Gasteiger partial charge is 0.391 e. The van der Waals surface area contributed by atoms with Crippen molar-refractivity contribution in [2.75, 3.05) is 0 Å². The molecule has 122 valence electrons. The molecule has 0 spiro atoms. The van der Waals surface area contributed by atoms with E-state index in [4.69, 9.17) is 0 Å². The number of hydrogen-bond acceptors (Lipinski definition) is 3. The molecule has 0 saturated carbocycles. The second kappa shape index (κ2) is 5.89. The highest BCUT2D eigenvalue weighted by molar-refractivity contribution is 5.79. The lowest BCUT2D eigenvalue weighted by molar-refractivity contribution is 0.140. The molecule has 0 unspecified atom stereocenters. The van der Waals surface area contributed by atoms with Crippen LogP contribution in [0.25, 0.3) is 10.9 Å². The first-order valence-electron chi connectivity index (χ1n) is 8.23. The monoisotopic (exact) mass is 320 g/mol. The predicted octanol–water partition coefficient (Wildman–Crippen LogP) is 2.58. The molecule has 0 bridgehead atoms. The van der Waals surface area contributed by atoms with Gasteiger partial charge in [-0.3, -0.25) is 4.79 Å². The van der Waals surface area contributed by atoms with Crippen LogP contribution in [0.5, 0.6) is 0 Å². The van der Waals surface area contributed by atoms with Gasteiger partial charge in [-0.2, -0.15) is 0 Å². The Hall–Kier alpha value is -2.43. The number of aryl methyl sites for hydroxylation is 1. The Bertz CT molecular complexity index is 961. The van der Waals surface area contributed by atoms with Gasteiger partial charge in [0.2, 0.25) is 0 Å². The van der Waals surface area contributed by atoms with Crippen LogP contribution in [0.2, 0.25) is 0 Å². The minimum absolute atomic E-state index is 0.0246. The van der Waals surface area contributed by atoms with E-state index in [1.807, 2.05) is 37.3 Å². The zero-order valence-electron chi connectivity index (χ0n) is 13.5. The average molecular weight is 320 g/mol. The summed E-state index contributed by atoms with van der Waals surface area (Å²) in [6.45, 7) is 2.49. The molecule has 24 heavy (non-hydrogen) atoms. The number of benzene rings is 2. The van der Waals surface area contributed by atoms with Gasteiger partial charge in [0.15, 0.2) is 5.43 Å². The number of aliphatic hydroxyl groups is 1.